The summed E-state index contributed by atoms with van der Waals surface area (Å²) in [6, 6.07) is 6.09. The van der Waals surface area contributed by atoms with Crippen molar-refractivity contribution >= 4 is 5.78 Å². The second-order valence-corrected chi connectivity index (χ2v) is 3.29. The molecule has 4 heteroatoms. The number of carbonyl (C=O) groups is 1. The molecule has 3 nitrogen and oxygen atoms in total. The molecular formula is C12H9FN2O. The van der Waals surface area contributed by atoms with Gasteiger partial charge in [-0.3, -0.25) is 4.79 Å². The van der Waals surface area contributed by atoms with Crippen molar-refractivity contribution in [2.45, 2.75) is 6.92 Å². The molecule has 0 atom stereocenters. The number of Topliss-reactive ketones (excluding diaryl/α,β-unsaturated/α-hetero) is 1. The maximum atomic E-state index is 13.5. The minimum Gasteiger partial charge on any atom is -0.294 e. The van der Waals surface area contributed by atoms with Crippen LogP contribution >= 0.6 is 0 Å². The average molecular weight is 216 g/mol. The van der Waals surface area contributed by atoms with Gasteiger partial charge in [-0.15, -0.1) is 0 Å². The first-order valence-electron chi connectivity index (χ1n) is 4.77. The molecule has 0 aliphatic rings. The molecule has 1 heterocycles. The molecule has 0 unspecified atom stereocenters. The fourth-order valence-corrected chi connectivity index (χ4v) is 1.51. The van der Waals surface area contributed by atoms with Crippen LogP contribution in [0.4, 0.5) is 4.39 Å². The van der Waals surface area contributed by atoms with Crippen LogP contribution in [0.3, 0.4) is 0 Å². The predicted molar refractivity (Wildman–Crippen MR) is 57.4 cm³/mol. The van der Waals surface area contributed by atoms with Gasteiger partial charge in [0.15, 0.2) is 11.6 Å². The molecule has 0 saturated heterocycles. The van der Waals surface area contributed by atoms with Crippen molar-refractivity contribution in [2.24, 2.45) is 0 Å². The molecule has 0 radical (unpaired) electrons. The van der Waals surface area contributed by atoms with E-state index in [-0.39, 0.29) is 11.3 Å². The lowest BCUT2D eigenvalue weighted by atomic mass is 10.0. The van der Waals surface area contributed by atoms with Crippen LogP contribution in [0.5, 0.6) is 0 Å². The molecule has 0 bridgehead atoms. The summed E-state index contributed by atoms with van der Waals surface area (Å²) >= 11 is 0. The first-order valence-corrected chi connectivity index (χ1v) is 4.77. The van der Waals surface area contributed by atoms with Crippen molar-refractivity contribution in [3.8, 4) is 11.4 Å². The van der Waals surface area contributed by atoms with Gasteiger partial charge in [-0.2, -0.15) is 0 Å². The Labute approximate surface area is 92.0 Å². The maximum absolute atomic E-state index is 13.5. The summed E-state index contributed by atoms with van der Waals surface area (Å²) in [5.41, 5.74) is 0.460. The van der Waals surface area contributed by atoms with Gasteiger partial charge >= 0.3 is 0 Å². The van der Waals surface area contributed by atoms with Gasteiger partial charge in [0.25, 0.3) is 0 Å². The van der Waals surface area contributed by atoms with Gasteiger partial charge < -0.3 is 0 Å². The standard InChI is InChI=1S/C12H9FN2O/c1-8(16)11-9(4-2-5-10(11)13)12-14-6-3-7-15-12/h2-7H,1H3. The molecule has 0 aliphatic carbocycles. The van der Waals surface area contributed by atoms with Gasteiger partial charge in [0.2, 0.25) is 0 Å². The van der Waals surface area contributed by atoms with Crippen LogP contribution < -0.4 is 0 Å². The SMILES string of the molecule is CC(=O)c1c(F)cccc1-c1ncccn1. The number of benzene rings is 1. The monoisotopic (exact) mass is 216 g/mol. The molecule has 0 saturated carbocycles. The van der Waals surface area contributed by atoms with E-state index in [1.165, 1.54) is 19.1 Å². The summed E-state index contributed by atoms with van der Waals surface area (Å²) in [5, 5.41) is 0. The molecule has 2 aromatic rings. The fraction of sp³-hybridized carbons (Fsp3) is 0.0833. The highest BCUT2D eigenvalue weighted by atomic mass is 19.1. The van der Waals surface area contributed by atoms with E-state index in [0.29, 0.717) is 11.4 Å². The number of nitrogens with zero attached hydrogens (tertiary/aromatic N) is 2. The summed E-state index contributed by atoms with van der Waals surface area (Å²) in [6.45, 7) is 1.32. The molecule has 16 heavy (non-hydrogen) atoms. The van der Waals surface area contributed by atoms with Gasteiger partial charge in [-0.05, 0) is 19.1 Å². The van der Waals surface area contributed by atoms with E-state index in [1.807, 2.05) is 0 Å². The molecule has 1 aromatic carbocycles. The highest BCUT2D eigenvalue weighted by Crippen LogP contribution is 2.22. The van der Waals surface area contributed by atoms with E-state index in [2.05, 4.69) is 9.97 Å². The molecule has 0 fully saturated rings. The minimum absolute atomic E-state index is 0.0358. The number of hydrogen-bond acceptors (Lipinski definition) is 3. The lowest BCUT2D eigenvalue weighted by Crippen LogP contribution is -2.02. The number of aromatic nitrogens is 2. The summed E-state index contributed by atoms with van der Waals surface area (Å²) in [4.78, 5) is 19.4. The Hall–Kier alpha value is -2.10. The van der Waals surface area contributed by atoms with Crippen molar-refractivity contribution in [3.05, 3.63) is 48.0 Å². The highest BCUT2D eigenvalue weighted by molar-refractivity contribution is 6.00. The second-order valence-electron chi connectivity index (χ2n) is 3.29. The smallest absolute Gasteiger partial charge is 0.163 e. The van der Waals surface area contributed by atoms with Crippen LogP contribution in [0.1, 0.15) is 17.3 Å². The molecule has 0 aliphatic heterocycles. The zero-order chi connectivity index (χ0) is 11.5. The van der Waals surface area contributed by atoms with E-state index in [9.17, 15) is 9.18 Å². The van der Waals surface area contributed by atoms with E-state index in [1.54, 1.807) is 24.5 Å². The topological polar surface area (TPSA) is 42.9 Å². The van der Waals surface area contributed by atoms with E-state index in [4.69, 9.17) is 0 Å². The summed E-state index contributed by atoms with van der Waals surface area (Å²) < 4.78 is 13.5. The second kappa shape index (κ2) is 4.18. The molecule has 0 spiro atoms. The number of ketones is 1. The van der Waals surface area contributed by atoms with Crippen LogP contribution in [-0.2, 0) is 0 Å². The third-order valence-electron chi connectivity index (χ3n) is 2.17. The first-order chi connectivity index (χ1) is 7.70. The number of halogens is 1. The van der Waals surface area contributed by atoms with Crippen LogP contribution in [0.15, 0.2) is 36.7 Å². The maximum Gasteiger partial charge on any atom is 0.163 e. The van der Waals surface area contributed by atoms with Crippen molar-refractivity contribution in [3.63, 3.8) is 0 Å². The zero-order valence-corrected chi connectivity index (χ0v) is 8.64. The van der Waals surface area contributed by atoms with Gasteiger partial charge in [0.05, 0.1) is 5.56 Å². The minimum atomic E-state index is -0.544. The molecule has 80 valence electrons. The largest absolute Gasteiger partial charge is 0.294 e. The number of hydrogen-bond donors (Lipinski definition) is 0. The van der Waals surface area contributed by atoms with Crippen LogP contribution in [0, 0.1) is 5.82 Å². The Morgan fingerprint density at radius 2 is 1.88 bits per heavy atom. The first kappa shape index (κ1) is 10.4. The van der Waals surface area contributed by atoms with E-state index < -0.39 is 5.82 Å². The third-order valence-corrected chi connectivity index (χ3v) is 2.17. The molecule has 0 N–H and O–H groups in total. The van der Waals surface area contributed by atoms with Gasteiger partial charge in [-0.25, -0.2) is 14.4 Å². The van der Waals surface area contributed by atoms with Crippen LogP contribution in [-0.4, -0.2) is 15.8 Å². The average Bonchev–Trinajstić information content (AvgIpc) is 2.29. The van der Waals surface area contributed by atoms with Crippen molar-refractivity contribution in [2.75, 3.05) is 0 Å². The molecular weight excluding hydrogens is 207 g/mol. The van der Waals surface area contributed by atoms with Gasteiger partial charge in [-0.1, -0.05) is 12.1 Å². The van der Waals surface area contributed by atoms with Crippen molar-refractivity contribution in [1.29, 1.82) is 0 Å². The predicted octanol–water partition coefficient (Wildman–Crippen LogP) is 2.49. The van der Waals surface area contributed by atoms with Gasteiger partial charge in [0, 0.05) is 18.0 Å². The third kappa shape index (κ3) is 1.82. The van der Waals surface area contributed by atoms with E-state index in [0.717, 1.165) is 0 Å². The highest BCUT2D eigenvalue weighted by Gasteiger charge is 2.15. The normalized spacial score (nSPS) is 10.1. The summed E-state index contributed by atoms with van der Waals surface area (Å²) in [7, 11) is 0. The van der Waals surface area contributed by atoms with E-state index >= 15 is 0 Å². The molecule has 2 rings (SSSR count). The number of rotatable bonds is 2. The molecule has 1 aromatic heterocycles. The van der Waals surface area contributed by atoms with Crippen molar-refractivity contribution < 1.29 is 9.18 Å². The Morgan fingerprint density at radius 3 is 2.50 bits per heavy atom. The Kier molecular flexibility index (Phi) is 2.72. The lowest BCUT2D eigenvalue weighted by Gasteiger charge is -2.05. The quantitative estimate of drug-likeness (QED) is 0.724. The fourth-order valence-electron chi connectivity index (χ4n) is 1.51. The Balaban J connectivity index is 2.66. The van der Waals surface area contributed by atoms with Crippen LogP contribution in [0.2, 0.25) is 0 Å². The Morgan fingerprint density at radius 1 is 1.19 bits per heavy atom. The summed E-state index contributed by atoms with van der Waals surface area (Å²) in [5.74, 6) is -0.523. The molecule has 0 amide bonds. The van der Waals surface area contributed by atoms with Crippen molar-refractivity contribution in [1.82, 2.24) is 9.97 Å². The zero-order valence-electron chi connectivity index (χ0n) is 8.64. The van der Waals surface area contributed by atoms with Crippen LogP contribution in [0.25, 0.3) is 11.4 Å². The van der Waals surface area contributed by atoms with Gasteiger partial charge in [0.1, 0.15) is 5.82 Å². The number of carbonyl (C=O) groups excluding carboxylic acids is 1. The summed E-state index contributed by atoms with van der Waals surface area (Å²) in [6.07, 6.45) is 3.11. The Bertz CT molecular complexity index is 526. The lowest BCUT2D eigenvalue weighted by molar-refractivity contribution is 0.101.